The van der Waals surface area contributed by atoms with Gasteiger partial charge < -0.3 is 19.1 Å². The Bertz CT molecular complexity index is 582. The molecule has 2 aliphatic rings. The van der Waals surface area contributed by atoms with Crippen molar-refractivity contribution in [2.24, 2.45) is 0 Å². The lowest BCUT2D eigenvalue weighted by atomic mass is 10.0. The van der Waals surface area contributed by atoms with Crippen molar-refractivity contribution in [2.45, 2.75) is 38.8 Å². The molecule has 1 aromatic heterocycles. The number of hydrogen-bond acceptors (Lipinski definition) is 6. The number of amides is 1. The van der Waals surface area contributed by atoms with E-state index in [0.29, 0.717) is 23.1 Å². The molecule has 0 radical (unpaired) electrons. The van der Waals surface area contributed by atoms with Crippen molar-refractivity contribution in [3.05, 3.63) is 17.0 Å². The molecule has 0 spiro atoms. The van der Waals surface area contributed by atoms with Crippen molar-refractivity contribution in [2.75, 3.05) is 53.4 Å². The summed E-state index contributed by atoms with van der Waals surface area (Å²) >= 11 is 0. The molecule has 0 aromatic carbocycles. The van der Waals surface area contributed by atoms with E-state index >= 15 is 0 Å². The molecule has 7 nitrogen and oxygen atoms in total. The van der Waals surface area contributed by atoms with Gasteiger partial charge in [-0.3, -0.25) is 9.69 Å². The number of aromatic nitrogens is 1. The van der Waals surface area contributed by atoms with Crippen LogP contribution in [0.15, 0.2) is 4.52 Å². The third-order valence-electron chi connectivity index (χ3n) is 5.36. The van der Waals surface area contributed by atoms with Gasteiger partial charge in [0, 0.05) is 38.8 Å². The number of morpholine rings is 1. The maximum Gasteiger partial charge on any atom is 0.259 e. The Morgan fingerprint density at radius 3 is 2.68 bits per heavy atom. The number of aryl methyl sites for hydroxylation is 2. The van der Waals surface area contributed by atoms with Crippen LogP contribution in [0.3, 0.4) is 0 Å². The number of carbonyl (C=O) groups excluding carboxylic acids is 1. The minimum Gasteiger partial charge on any atom is -0.375 e. The molecule has 2 saturated heterocycles. The Hall–Kier alpha value is -1.44. The Kier molecular flexibility index (Phi) is 5.76. The van der Waals surface area contributed by atoms with Gasteiger partial charge in [-0.2, -0.15) is 0 Å². The van der Waals surface area contributed by atoms with Gasteiger partial charge in [0.1, 0.15) is 11.3 Å². The van der Waals surface area contributed by atoms with Crippen molar-refractivity contribution in [1.29, 1.82) is 0 Å². The first kappa shape index (κ1) is 18.4. The van der Waals surface area contributed by atoms with Crippen LogP contribution in [0.1, 0.15) is 34.7 Å². The van der Waals surface area contributed by atoms with Crippen LogP contribution in [0.4, 0.5) is 0 Å². The first-order valence-electron chi connectivity index (χ1n) is 9.20. The quantitative estimate of drug-likeness (QED) is 0.812. The lowest BCUT2D eigenvalue weighted by Gasteiger charge is -2.40. The van der Waals surface area contributed by atoms with E-state index in [1.807, 2.05) is 11.8 Å². The van der Waals surface area contributed by atoms with Crippen molar-refractivity contribution in [3.8, 4) is 0 Å². The summed E-state index contributed by atoms with van der Waals surface area (Å²) < 4.78 is 11.2. The van der Waals surface area contributed by atoms with E-state index < -0.39 is 0 Å². The number of carbonyl (C=O) groups is 1. The molecule has 0 N–H and O–H groups in total. The van der Waals surface area contributed by atoms with Crippen molar-refractivity contribution in [1.82, 2.24) is 19.9 Å². The van der Waals surface area contributed by atoms with Crippen LogP contribution in [0, 0.1) is 13.8 Å². The SMILES string of the molecule is Cc1noc(C)c1C(=O)N1CCC2OCCN(CCN(C)C)C2CC1. The summed E-state index contributed by atoms with van der Waals surface area (Å²) in [5, 5.41) is 3.92. The summed E-state index contributed by atoms with van der Waals surface area (Å²) in [6, 6.07) is 0.399. The largest absolute Gasteiger partial charge is 0.375 e. The van der Waals surface area contributed by atoms with Gasteiger partial charge in [0.25, 0.3) is 5.91 Å². The van der Waals surface area contributed by atoms with Gasteiger partial charge in [-0.15, -0.1) is 0 Å². The zero-order chi connectivity index (χ0) is 18.0. The molecule has 2 fully saturated rings. The lowest BCUT2D eigenvalue weighted by Crippen LogP contribution is -2.52. The van der Waals surface area contributed by atoms with Crippen LogP contribution in [-0.4, -0.2) is 91.3 Å². The molecule has 2 unspecified atom stereocenters. The molecule has 0 bridgehead atoms. The van der Waals surface area contributed by atoms with Crippen LogP contribution >= 0.6 is 0 Å². The predicted molar refractivity (Wildman–Crippen MR) is 94.8 cm³/mol. The average molecular weight is 350 g/mol. The fourth-order valence-corrected chi connectivity index (χ4v) is 3.92. The van der Waals surface area contributed by atoms with Crippen LogP contribution < -0.4 is 0 Å². The highest BCUT2D eigenvalue weighted by Crippen LogP contribution is 2.25. The smallest absolute Gasteiger partial charge is 0.259 e. The fourth-order valence-electron chi connectivity index (χ4n) is 3.92. The Morgan fingerprint density at radius 1 is 1.24 bits per heavy atom. The summed E-state index contributed by atoms with van der Waals surface area (Å²) in [6.45, 7) is 8.97. The summed E-state index contributed by atoms with van der Waals surface area (Å²) in [5.41, 5.74) is 1.29. The van der Waals surface area contributed by atoms with Gasteiger partial charge in [-0.25, -0.2) is 0 Å². The monoisotopic (exact) mass is 350 g/mol. The second-order valence-corrected chi connectivity index (χ2v) is 7.38. The molecule has 1 aromatic rings. The van der Waals surface area contributed by atoms with Gasteiger partial charge in [-0.1, -0.05) is 5.16 Å². The Balaban J connectivity index is 1.67. The molecule has 3 rings (SSSR count). The molecule has 0 saturated carbocycles. The Labute approximate surface area is 149 Å². The molecule has 2 atom stereocenters. The minimum atomic E-state index is 0.0368. The molecule has 25 heavy (non-hydrogen) atoms. The topological polar surface area (TPSA) is 62.1 Å². The molecule has 3 heterocycles. The van der Waals surface area contributed by atoms with Gasteiger partial charge in [0.2, 0.25) is 0 Å². The Morgan fingerprint density at radius 2 is 2.00 bits per heavy atom. The van der Waals surface area contributed by atoms with E-state index in [0.717, 1.165) is 52.2 Å². The second kappa shape index (κ2) is 7.85. The molecule has 140 valence electrons. The number of hydrogen-bond donors (Lipinski definition) is 0. The highest BCUT2D eigenvalue weighted by molar-refractivity contribution is 5.96. The van der Waals surface area contributed by atoms with Gasteiger partial charge >= 0.3 is 0 Å². The predicted octanol–water partition coefficient (Wildman–Crippen LogP) is 1.16. The van der Waals surface area contributed by atoms with E-state index in [2.05, 4.69) is 29.1 Å². The lowest BCUT2D eigenvalue weighted by molar-refractivity contribution is -0.0724. The number of rotatable bonds is 4. The maximum atomic E-state index is 12.9. The number of fused-ring (bicyclic) bond motifs is 1. The molecule has 7 heteroatoms. The normalized spacial score (nSPS) is 25.1. The zero-order valence-corrected chi connectivity index (χ0v) is 15.8. The van der Waals surface area contributed by atoms with Crippen LogP contribution in [-0.2, 0) is 4.74 Å². The van der Waals surface area contributed by atoms with E-state index in [9.17, 15) is 4.79 Å². The molecular weight excluding hydrogens is 320 g/mol. The second-order valence-electron chi connectivity index (χ2n) is 7.38. The number of nitrogens with zero attached hydrogens (tertiary/aromatic N) is 4. The minimum absolute atomic E-state index is 0.0368. The van der Waals surface area contributed by atoms with E-state index in [-0.39, 0.29) is 12.0 Å². The summed E-state index contributed by atoms with van der Waals surface area (Å²) in [5.74, 6) is 0.641. The molecule has 0 aliphatic carbocycles. The summed E-state index contributed by atoms with van der Waals surface area (Å²) in [4.78, 5) is 19.6. The molecule has 1 amide bonds. The van der Waals surface area contributed by atoms with Crippen LogP contribution in [0.25, 0.3) is 0 Å². The van der Waals surface area contributed by atoms with Crippen molar-refractivity contribution < 1.29 is 14.1 Å². The molecule has 2 aliphatic heterocycles. The number of likely N-dealkylation sites (tertiary alicyclic amines) is 1. The highest BCUT2D eigenvalue weighted by Gasteiger charge is 2.36. The van der Waals surface area contributed by atoms with Crippen LogP contribution in [0.5, 0.6) is 0 Å². The third kappa shape index (κ3) is 4.04. The van der Waals surface area contributed by atoms with E-state index in [4.69, 9.17) is 9.26 Å². The van der Waals surface area contributed by atoms with Crippen LogP contribution in [0.2, 0.25) is 0 Å². The maximum absolute atomic E-state index is 12.9. The van der Waals surface area contributed by atoms with Gasteiger partial charge in [0.15, 0.2) is 0 Å². The number of ether oxygens (including phenoxy) is 1. The van der Waals surface area contributed by atoms with Gasteiger partial charge in [-0.05, 0) is 40.8 Å². The summed E-state index contributed by atoms with van der Waals surface area (Å²) in [7, 11) is 4.21. The van der Waals surface area contributed by atoms with E-state index in [1.54, 1.807) is 6.92 Å². The standard InChI is InChI=1S/C18H30N4O3/c1-13-17(14(2)25-19-13)18(23)22-7-5-15-16(6-8-22)24-12-11-21(15)10-9-20(3)4/h15-16H,5-12H2,1-4H3. The van der Waals surface area contributed by atoms with Crippen molar-refractivity contribution in [3.63, 3.8) is 0 Å². The van der Waals surface area contributed by atoms with E-state index in [1.165, 1.54) is 0 Å². The summed E-state index contributed by atoms with van der Waals surface area (Å²) in [6.07, 6.45) is 2.06. The fraction of sp³-hybridized carbons (Fsp3) is 0.778. The molecular formula is C18H30N4O3. The number of likely N-dealkylation sites (N-methyl/N-ethyl adjacent to an activating group) is 1. The zero-order valence-electron chi connectivity index (χ0n) is 15.8. The first-order chi connectivity index (χ1) is 12.0. The van der Waals surface area contributed by atoms with Gasteiger partial charge in [0.05, 0.1) is 18.4 Å². The third-order valence-corrected chi connectivity index (χ3v) is 5.36. The average Bonchev–Trinajstić information content (AvgIpc) is 2.79. The van der Waals surface area contributed by atoms with Crippen molar-refractivity contribution >= 4 is 5.91 Å². The highest BCUT2D eigenvalue weighted by atomic mass is 16.5. The first-order valence-corrected chi connectivity index (χ1v) is 9.20.